The second-order valence-electron chi connectivity index (χ2n) is 6.55. The summed E-state index contributed by atoms with van der Waals surface area (Å²) in [5, 5.41) is 9.20. The molecule has 1 aliphatic heterocycles. The monoisotopic (exact) mass is 398 g/mol. The molecular formula is C18H26N2O6S. The number of aryl methyl sites for hydroxylation is 1. The molecule has 27 heavy (non-hydrogen) atoms. The van der Waals surface area contributed by atoms with Crippen molar-refractivity contribution >= 4 is 21.9 Å². The van der Waals surface area contributed by atoms with Crippen LogP contribution in [0.15, 0.2) is 23.1 Å². The third-order valence-corrected chi connectivity index (χ3v) is 6.65. The Hall–Kier alpha value is -1.97. The van der Waals surface area contributed by atoms with E-state index in [1.54, 1.807) is 33.8 Å². The highest BCUT2D eigenvalue weighted by molar-refractivity contribution is 7.89. The predicted molar refractivity (Wildman–Crippen MR) is 99.2 cm³/mol. The Balaban J connectivity index is 2.38. The van der Waals surface area contributed by atoms with E-state index in [9.17, 15) is 23.1 Å². The van der Waals surface area contributed by atoms with Gasteiger partial charge in [0.1, 0.15) is 0 Å². The summed E-state index contributed by atoms with van der Waals surface area (Å²) in [5.74, 6) is -1.53. The van der Waals surface area contributed by atoms with Gasteiger partial charge in [-0.15, -0.1) is 0 Å². The number of carboxylic acid groups (broad SMARTS) is 1. The highest BCUT2D eigenvalue weighted by Gasteiger charge is 2.34. The Morgan fingerprint density at radius 3 is 2.44 bits per heavy atom. The number of hydrogen-bond acceptors (Lipinski definition) is 5. The second kappa shape index (κ2) is 8.37. The van der Waals surface area contributed by atoms with Crippen molar-refractivity contribution < 1.29 is 27.9 Å². The molecule has 1 heterocycles. The number of carboxylic acids is 1. The molecule has 9 heteroatoms. The quantitative estimate of drug-likeness (QED) is 0.775. The molecule has 150 valence electrons. The lowest BCUT2D eigenvalue weighted by molar-refractivity contribution is -0.160. The van der Waals surface area contributed by atoms with Gasteiger partial charge in [0.25, 0.3) is 5.91 Å². The van der Waals surface area contributed by atoms with Crippen LogP contribution in [-0.4, -0.2) is 73.0 Å². The maximum atomic E-state index is 13.0. The lowest BCUT2D eigenvalue weighted by Gasteiger charge is -2.35. The van der Waals surface area contributed by atoms with Gasteiger partial charge in [-0.1, -0.05) is 19.9 Å². The number of benzene rings is 1. The summed E-state index contributed by atoms with van der Waals surface area (Å²) < 4.78 is 32.2. The Morgan fingerprint density at radius 1 is 1.26 bits per heavy atom. The summed E-state index contributed by atoms with van der Waals surface area (Å²) in [6.07, 6.45) is -1.52. The first-order valence-electron chi connectivity index (χ1n) is 8.90. The molecule has 1 aliphatic rings. The molecular weight excluding hydrogens is 372 g/mol. The molecule has 2 rings (SSSR count). The van der Waals surface area contributed by atoms with Gasteiger partial charge >= 0.3 is 5.97 Å². The average Bonchev–Trinajstić information content (AvgIpc) is 2.61. The van der Waals surface area contributed by atoms with Gasteiger partial charge in [0.05, 0.1) is 17.5 Å². The highest BCUT2D eigenvalue weighted by atomic mass is 32.2. The lowest BCUT2D eigenvalue weighted by Crippen LogP contribution is -2.51. The van der Waals surface area contributed by atoms with E-state index in [1.807, 2.05) is 0 Å². The number of nitrogens with zero attached hydrogens (tertiary/aromatic N) is 2. The van der Waals surface area contributed by atoms with E-state index in [-0.39, 0.29) is 23.5 Å². The van der Waals surface area contributed by atoms with Gasteiger partial charge in [-0.3, -0.25) is 4.79 Å². The van der Waals surface area contributed by atoms with Crippen molar-refractivity contribution in [3.63, 3.8) is 0 Å². The van der Waals surface area contributed by atoms with Crippen molar-refractivity contribution in [1.29, 1.82) is 0 Å². The van der Waals surface area contributed by atoms with Crippen LogP contribution in [-0.2, 0) is 19.6 Å². The molecule has 1 aromatic rings. The SMILES string of the molecule is CCN(CC)S(=O)(=O)c1ccc(C)c(C(=O)N2CC(C(=O)O)O[C@H](C)C2)c1. The number of sulfonamides is 1. The van der Waals surface area contributed by atoms with Crippen LogP contribution in [0.3, 0.4) is 0 Å². The number of aliphatic carboxylic acids is 1. The standard InChI is InChI=1S/C18H26N2O6S/c1-5-20(6-2)27(24,25)14-8-7-12(3)15(9-14)17(21)19-10-13(4)26-16(11-19)18(22)23/h7-9,13,16H,5-6,10-11H2,1-4H3,(H,22,23)/t13-,16?/m1/s1. The minimum Gasteiger partial charge on any atom is -0.479 e. The minimum atomic E-state index is -3.70. The smallest absolute Gasteiger partial charge is 0.334 e. The van der Waals surface area contributed by atoms with Gasteiger partial charge in [-0.25, -0.2) is 13.2 Å². The first-order valence-corrected chi connectivity index (χ1v) is 10.3. The lowest BCUT2D eigenvalue weighted by atomic mass is 10.1. The van der Waals surface area contributed by atoms with E-state index in [1.165, 1.54) is 21.3 Å². The molecule has 0 saturated carbocycles. The van der Waals surface area contributed by atoms with E-state index < -0.39 is 34.1 Å². The van der Waals surface area contributed by atoms with Crippen LogP contribution in [0.2, 0.25) is 0 Å². The van der Waals surface area contributed by atoms with Crippen LogP contribution in [0.25, 0.3) is 0 Å². The fraction of sp³-hybridized carbons (Fsp3) is 0.556. The van der Waals surface area contributed by atoms with Crippen molar-refractivity contribution in [3.05, 3.63) is 29.3 Å². The van der Waals surface area contributed by atoms with E-state index in [0.717, 1.165) is 0 Å². The summed E-state index contributed by atoms with van der Waals surface area (Å²) in [6.45, 7) is 7.75. The molecule has 8 nitrogen and oxygen atoms in total. The van der Waals surface area contributed by atoms with Crippen LogP contribution in [0, 0.1) is 6.92 Å². The van der Waals surface area contributed by atoms with Crippen molar-refractivity contribution in [2.45, 2.75) is 44.8 Å². The predicted octanol–water partition coefficient (Wildman–Crippen LogP) is 1.34. The van der Waals surface area contributed by atoms with Crippen LogP contribution in [0.4, 0.5) is 0 Å². The zero-order valence-corrected chi connectivity index (χ0v) is 16.8. The largest absolute Gasteiger partial charge is 0.479 e. The number of ether oxygens (including phenoxy) is 1. The third kappa shape index (κ3) is 4.48. The van der Waals surface area contributed by atoms with Gasteiger partial charge < -0.3 is 14.7 Å². The van der Waals surface area contributed by atoms with Crippen molar-refractivity contribution in [3.8, 4) is 0 Å². The molecule has 0 aromatic heterocycles. The molecule has 1 aromatic carbocycles. The zero-order valence-electron chi connectivity index (χ0n) is 16.0. The number of morpholine rings is 1. The molecule has 1 N–H and O–H groups in total. The van der Waals surface area contributed by atoms with E-state index in [0.29, 0.717) is 18.7 Å². The Morgan fingerprint density at radius 2 is 1.89 bits per heavy atom. The van der Waals surface area contributed by atoms with Gasteiger partial charge in [0, 0.05) is 25.2 Å². The van der Waals surface area contributed by atoms with Gasteiger partial charge in [-0.05, 0) is 31.5 Å². The second-order valence-corrected chi connectivity index (χ2v) is 8.49. The van der Waals surface area contributed by atoms with Crippen molar-refractivity contribution in [1.82, 2.24) is 9.21 Å². The topological polar surface area (TPSA) is 104 Å². The summed E-state index contributed by atoms with van der Waals surface area (Å²) in [5.41, 5.74) is 0.881. The molecule has 1 unspecified atom stereocenters. The molecule has 0 bridgehead atoms. The maximum absolute atomic E-state index is 13.0. The number of rotatable bonds is 6. The third-order valence-electron chi connectivity index (χ3n) is 4.61. The van der Waals surface area contributed by atoms with E-state index in [4.69, 9.17) is 4.74 Å². The summed E-state index contributed by atoms with van der Waals surface area (Å²) in [7, 11) is -3.70. The van der Waals surface area contributed by atoms with Crippen LogP contribution < -0.4 is 0 Å². The number of hydrogen-bond donors (Lipinski definition) is 1. The summed E-state index contributed by atoms with van der Waals surface area (Å²) in [4.78, 5) is 25.7. The summed E-state index contributed by atoms with van der Waals surface area (Å²) in [6, 6.07) is 4.46. The van der Waals surface area contributed by atoms with Crippen LogP contribution in [0.1, 0.15) is 36.7 Å². The van der Waals surface area contributed by atoms with Gasteiger partial charge in [0.15, 0.2) is 6.10 Å². The molecule has 1 fully saturated rings. The molecule has 1 amide bonds. The van der Waals surface area contributed by atoms with Gasteiger partial charge in [0.2, 0.25) is 10.0 Å². The van der Waals surface area contributed by atoms with E-state index >= 15 is 0 Å². The molecule has 0 radical (unpaired) electrons. The number of carbonyl (C=O) groups excluding carboxylic acids is 1. The molecule has 0 spiro atoms. The fourth-order valence-electron chi connectivity index (χ4n) is 3.13. The molecule has 0 aliphatic carbocycles. The van der Waals surface area contributed by atoms with Crippen LogP contribution in [0.5, 0.6) is 0 Å². The first-order chi connectivity index (χ1) is 12.6. The highest BCUT2D eigenvalue weighted by Crippen LogP contribution is 2.22. The Kier molecular flexibility index (Phi) is 6.61. The zero-order chi connectivity index (χ0) is 20.4. The molecule has 1 saturated heterocycles. The first kappa shape index (κ1) is 21.3. The van der Waals surface area contributed by atoms with Crippen molar-refractivity contribution in [2.24, 2.45) is 0 Å². The normalized spacial score (nSPS) is 20.7. The van der Waals surface area contributed by atoms with Crippen LogP contribution >= 0.6 is 0 Å². The minimum absolute atomic E-state index is 0.0521. The fourth-order valence-corrected chi connectivity index (χ4v) is 4.61. The number of carbonyl (C=O) groups is 2. The Labute approximate surface area is 159 Å². The van der Waals surface area contributed by atoms with Gasteiger partial charge in [-0.2, -0.15) is 4.31 Å². The van der Waals surface area contributed by atoms with Crippen molar-refractivity contribution in [2.75, 3.05) is 26.2 Å². The summed E-state index contributed by atoms with van der Waals surface area (Å²) >= 11 is 0. The average molecular weight is 398 g/mol. The maximum Gasteiger partial charge on any atom is 0.334 e. The Bertz CT molecular complexity index is 819. The number of amides is 1. The molecule has 2 atom stereocenters. The van der Waals surface area contributed by atoms with E-state index in [2.05, 4.69) is 0 Å².